The molecule has 0 aliphatic heterocycles. The van der Waals surface area contributed by atoms with E-state index >= 15 is 0 Å². The summed E-state index contributed by atoms with van der Waals surface area (Å²) in [4.78, 5) is 3.27. The van der Waals surface area contributed by atoms with E-state index in [-0.39, 0.29) is 5.46 Å². The number of ether oxygens (including phenoxy) is 1. The highest BCUT2D eigenvalue weighted by Crippen LogP contribution is 2.26. The highest BCUT2D eigenvalue weighted by molar-refractivity contribution is 6.58. The fraction of sp³-hybridized carbons (Fsp3) is 0.222. The van der Waals surface area contributed by atoms with Crippen LogP contribution in [0.2, 0.25) is 0 Å². The molecule has 0 spiro atoms. The van der Waals surface area contributed by atoms with Gasteiger partial charge in [0.15, 0.2) is 5.69 Å². The van der Waals surface area contributed by atoms with Crippen molar-refractivity contribution in [3.63, 3.8) is 0 Å². The molecule has 72 valence electrons. The van der Waals surface area contributed by atoms with Gasteiger partial charge in [-0.3, -0.25) is 0 Å². The van der Waals surface area contributed by atoms with E-state index in [0.29, 0.717) is 17.0 Å². The molecule has 0 aromatic heterocycles. The Labute approximate surface area is 82.7 Å². The summed E-state index contributed by atoms with van der Waals surface area (Å²) < 4.78 is 5.01. The third-order valence-corrected chi connectivity index (χ3v) is 1.99. The SMILES string of the molecule is [C-]#[N+]c1cc(B(O)O)cc(OC)c1C. The summed E-state index contributed by atoms with van der Waals surface area (Å²) in [6.07, 6.45) is 0. The molecule has 0 saturated heterocycles. The summed E-state index contributed by atoms with van der Waals surface area (Å²) in [6, 6.07) is 2.95. The van der Waals surface area contributed by atoms with Crippen LogP contribution in [0.15, 0.2) is 12.1 Å². The van der Waals surface area contributed by atoms with Gasteiger partial charge in [0.05, 0.1) is 13.7 Å². The lowest BCUT2D eigenvalue weighted by Crippen LogP contribution is -2.29. The van der Waals surface area contributed by atoms with Gasteiger partial charge in [0, 0.05) is 0 Å². The number of hydrogen-bond donors (Lipinski definition) is 2. The van der Waals surface area contributed by atoms with Crippen molar-refractivity contribution in [1.29, 1.82) is 0 Å². The predicted octanol–water partition coefficient (Wildman–Crippen LogP) is 0.234. The second-order valence-electron chi connectivity index (χ2n) is 2.85. The Morgan fingerprint density at radius 2 is 2.07 bits per heavy atom. The summed E-state index contributed by atoms with van der Waals surface area (Å²) in [5, 5.41) is 17.9. The molecule has 14 heavy (non-hydrogen) atoms. The molecule has 4 nitrogen and oxygen atoms in total. The first kappa shape index (κ1) is 10.6. The van der Waals surface area contributed by atoms with Crippen LogP contribution in [0, 0.1) is 13.5 Å². The Balaban J connectivity index is 3.34. The fourth-order valence-electron chi connectivity index (χ4n) is 1.17. The van der Waals surface area contributed by atoms with Gasteiger partial charge in [-0.25, -0.2) is 4.85 Å². The van der Waals surface area contributed by atoms with Gasteiger partial charge in [0.25, 0.3) is 0 Å². The van der Waals surface area contributed by atoms with Gasteiger partial charge in [-0.1, -0.05) is 6.07 Å². The van der Waals surface area contributed by atoms with Crippen LogP contribution >= 0.6 is 0 Å². The number of hydrogen-bond acceptors (Lipinski definition) is 3. The second kappa shape index (κ2) is 4.14. The minimum Gasteiger partial charge on any atom is -0.498 e. The Hall–Kier alpha value is -1.51. The van der Waals surface area contributed by atoms with Crippen molar-refractivity contribution in [2.24, 2.45) is 0 Å². The average molecular weight is 191 g/mol. The van der Waals surface area contributed by atoms with E-state index < -0.39 is 7.12 Å². The molecule has 2 N–H and O–H groups in total. The van der Waals surface area contributed by atoms with E-state index in [1.54, 1.807) is 6.92 Å². The molecule has 0 aliphatic carbocycles. The molecular weight excluding hydrogens is 181 g/mol. The summed E-state index contributed by atoms with van der Waals surface area (Å²) in [5.74, 6) is 0.488. The van der Waals surface area contributed by atoms with Crippen molar-refractivity contribution in [2.45, 2.75) is 6.92 Å². The van der Waals surface area contributed by atoms with Gasteiger partial charge in [-0.05, 0) is 24.0 Å². The Bertz CT molecular complexity index is 384. The molecule has 1 aromatic rings. The zero-order valence-corrected chi connectivity index (χ0v) is 7.98. The summed E-state index contributed by atoms with van der Waals surface area (Å²) >= 11 is 0. The van der Waals surface area contributed by atoms with Crippen molar-refractivity contribution in [3.8, 4) is 5.75 Å². The molecule has 0 atom stereocenters. The number of methoxy groups -OCH3 is 1. The maximum Gasteiger partial charge on any atom is 0.487 e. The number of benzene rings is 1. The quantitative estimate of drug-likeness (QED) is 0.519. The summed E-state index contributed by atoms with van der Waals surface area (Å²) in [5.41, 5.74) is 1.33. The first-order chi connectivity index (χ1) is 6.60. The second-order valence-corrected chi connectivity index (χ2v) is 2.85. The lowest BCUT2D eigenvalue weighted by Gasteiger charge is -2.09. The van der Waals surface area contributed by atoms with Crippen LogP contribution in [0.25, 0.3) is 4.85 Å². The molecular formula is C9H10BNO3. The Morgan fingerprint density at radius 3 is 2.50 bits per heavy atom. The molecule has 0 amide bonds. The average Bonchev–Trinajstić information content (AvgIpc) is 2.17. The maximum atomic E-state index is 8.95. The van der Waals surface area contributed by atoms with Crippen molar-refractivity contribution < 1.29 is 14.8 Å². The predicted molar refractivity (Wildman–Crippen MR) is 53.8 cm³/mol. The molecule has 0 radical (unpaired) electrons. The standard InChI is InChI=1S/C9H10BNO3/c1-6-8(11-2)4-7(10(12)13)5-9(6)14-3/h4-5,12-13H,1,3H3. The first-order valence-corrected chi connectivity index (χ1v) is 4.02. The van der Waals surface area contributed by atoms with Crippen LogP contribution in [0.1, 0.15) is 5.56 Å². The minimum absolute atomic E-state index is 0.262. The Morgan fingerprint density at radius 1 is 1.43 bits per heavy atom. The van der Waals surface area contributed by atoms with E-state index in [0.717, 1.165) is 0 Å². The molecule has 0 heterocycles. The molecule has 5 heteroatoms. The lowest BCUT2D eigenvalue weighted by molar-refractivity contribution is 0.410. The molecule has 0 fully saturated rings. The van der Waals surface area contributed by atoms with E-state index in [1.165, 1.54) is 19.2 Å². The topological polar surface area (TPSA) is 54.0 Å². The molecule has 0 unspecified atom stereocenters. The van der Waals surface area contributed by atoms with Crippen LogP contribution in [-0.4, -0.2) is 24.3 Å². The van der Waals surface area contributed by atoms with E-state index in [9.17, 15) is 0 Å². The number of nitrogens with zero attached hydrogens (tertiary/aromatic N) is 1. The third kappa shape index (κ3) is 1.87. The molecule has 1 rings (SSSR count). The van der Waals surface area contributed by atoms with E-state index in [2.05, 4.69) is 4.85 Å². The minimum atomic E-state index is -1.58. The highest BCUT2D eigenvalue weighted by Gasteiger charge is 2.15. The van der Waals surface area contributed by atoms with Gasteiger partial charge < -0.3 is 14.8 Å². The number of rotatable bonds is 2. The van der Waals surface area contributed by atoms with Crippen molar-refractivity contribution in [3.05, 3.63) is 29.1 Å². The summed E-state index contributed by atoms with van der Waals surface area (Å²) in [6.45, 7) is 8.65. The third-order valence-electron chi connectivity index (χ3n) is 1.99. The van der Waals surface area contributed by atoms with Crippen molar-refractivity contribution >= 4 is 18.3 Å². The molecule has 1 aromatic carbocycles. The van der Waals surface area contributed by atoms with Crippen LogP contribution in [0.5, 0.6) is 5.75 Å². The van der Waals surface area contributed by atoms with Gasteiger partial charge in [0.1, 0.15) is 5.75 Å². The highest BCUT2D eigenvalue weighted by atomic mass is 16.5. The molecule has 0 bridgehead atoms. The van der Waals surface area contributed by atoms with Gasteiger partial charge in [-0.2, -0.15) is 0 Å². The van der Waals surface area contributed by atoms with Crippen molar-refractivity contribution in [2.75, 3.05) is 7.11 Å². The fourth-order valence-corrected chi connectivity index (χ4v) is 1.17. The van der Waals surface area contributed by atoms with Crippen LogP contribution in [0.4, 0.5) is 5.69 Å². The smallest absolute Gasteiger partial charge is 0.487 e. The largest absolute Gasteiger partial charge is 0.498 e. The van der Waals surface area contributed by atoms with Crippen LogP contribution < -0.4 is 10.2 Å². The zero-order chi connectivity index (χ0) is 10.7. The lowest BCUT2D eigenvalue weighted by atomic mass is 9.79. The van der Waals surface area contributed by atoms with Crippen LogP contribution in [0.3, 0.4) is 0 Å². The van der Waals surface area contributed by atoms with Crippen molar-refractivity contribution in [1.82, 2.24) is 0 Å². The maximum absolute atomic E-state index is 8.95. The first-order valence-electron chi connectivity index (χ1n) is 4.02. The van der Waals surface area contributed by atoms with E-state index in [4.69, 9.17) is 21.4 Å². The Kier molecular flexibility index (Phi) is 3.12. The van der Waals surface area contributed by atoms with Crippen LogP contribution in [-0.2, 0) is 0 Å². The normalized spacial score (nSPS) is 9.36. The molecule has 0 aliphatic rings. The van der Waals surface area contributed by atoms with Gasteiger partial charge in [-0.15, -0.1) is 0 Å². The summed E-state index contributed by atoms with van der Waals surface area (Å²) in [7, 11) is -0.103. The molecule has 0 saturated carbocycles. The van der Waals surface area contributed by atoms with Gasteiger partial charge in [0.2, 0.25) is 0 Å². The van der Waals surface area contributed by atoms with E-state index in [1.807, 2.05) is 0 Å². The zero-order valence-electron chi connectivity index (χ0n) is 7.98. The monoisotopic (exact) mass is 191 g/mol. The van der Waals surface area contributed by atoms with Gasteiger partial charge >= 0.3 is 7.12 Å².